The molecule has 0 aliphatic heterocycles. The normalized spacial score (nSPS) is 13.8. The summed E-state index contributed by atoms with van der Waals surface area (Å²) in [6.45, 7) is 6.79. The Morgan fingerprint density at radius 3 is 2.70 bits per heavy atom. The fraction of sp³-hybridized carbons (Fsp3) is 0.562. The van der Waals surface area contributed by atoms with Gasteiger partial charge in [-0.1, -0.05) is 6.07 Å². The van der Waals surface area contributed by atoms with Gasteiger partial charge >= 0.3 is 0 Å². The minimum absolute atomic E-state index is 0.224. The number of hydrogen-bond acceptors (Lipinski definition) is 3. The van der Waals surface area contributed by atoms with E-state index < -0.39 is 5.54 Å². The lowest BCUT2D eigenvalue weighted by Gasteiger charge is -2.27. The highest BCUT2D eigenvalue weighted by molar-refractivity contribution is 5.45. The number of nitrogens with zero attached hydrogens (tertiary/aromatic N) is 2. The van der Waals surface area contributed by atoms with E-state index in [4.69, 9.17) is 0 Å². The minimum Gasteiger partial charge on any atom is -0.375 e. The molecule has 4 heteroatoms. The van der Waals surface area contributed by atoms with Gasteiger partial charge in [0.05, 0.1) is 6.07 Å². The molecule has 0 spiro atoms. The maximum absolute atomic E-state index is 13.2. The SMILES string of the molecule is CC(C)NC(C)(C#N)CCCN(C)c1cccc(F)c1. The molecule has 0 saturated carbocycles. The van der Waals surface area contributed by atoms with Crippen molar-refractivity contribution in [1.82, 2.24) is 5.32 Å². The highest BCUT2D eigenvalue weighted by atomic mass is 19.1. The lowest BCUT2D eigenvalue weighted by molar-refractivity contribution is 0.375. The van der Waals surface area contributed by atoms with E-state index in [9.17, 15) is 9.65 Å². The zero-order valence-electron chi connectivity index (χ0n) is 12.8. The molecule has 3 nitrogen and oxygen atoms in total. The van der Waals surface area contributed by atoms with E-state index in [1.54, 1.807) is 6.07 Å². The molecule has 1 atom stereocenters. The third-order valence-electron chi connectivity index (χ3n) is 3.27. The van der Waals surface area contributed by atoms with Gasteiger partial charge in [-0.05, 0) is 51.8 Å². The molecule has 0 fully saturated rings. The Labute approximate surface area is 121 Å². The van der Waals surface area contributed by atoms with Crippen LogP contribution in [0.3, 0.4) is 0 Å². The summed E-state index contributed by atoms with van der Waals surface area (Å²) in [7, 11) is 1.94. The summed E-state index contributed by atoms with van der Waals surface area (Å²) in [6, 6.07) is 9.18. The summed E-state index contributed by atoms with van der Waals surface area (Å²) in [5.74, 6) is -0.224. The first-order valence-electron chi connectivity index (χ1n) is 7.02. The van der Waals surface area contributed by atoms with Gasteiger partial charge in [-0.3, -0.25) is 5.32 Å². The monoisotopic (exact) mass is 277 g/mol. The zero-order valence-corrected chi connectivity index (χ0v) is 12.8. The summed E-state index contributed by atoms with van der Waals surface area (Å²) in [5.41, 5.74) is 0.359. The number of nitrogens with one attached hydrogen (secondary N) is 1. The average molecular weight is 277 g/mol. The van der Waals surface area contributed by atoms with Crippen LogP contribution in [0.2, 0.25) is 0 Å². The first-order valence-corrected chi connectivity index (χ1v) is 7.02. The molecule has 0 heterocycles. The highest BCUT2D eigenvalue weighted by Gasteiger charge is 2.23. The van der Waals surface area contributed by atoms with Crippen molar-refractivity contribution >= 4 is 5.69 Å². The molecule has 1 rings (SSSR count). The number of hydrogen-bond donors (Lipinski definition) is 1. The molecule has 1 N–H and O–H groups in total. The van der Waals surface area contributed by atoms with Crippen molar-refractivity contribution in [3.8, 4) is 6.07 Å². The van der Waals surface area contributed by atoms with Crippen LogP contribution in [-0.2, 0) is 0 Å². The van der Waals surface area contributed by atoms with Gasteiger partial charge < -0.3 is 4.90 Å². The van der Waals surface area contributed by atoms with Gasteiger partial charge in [-0.25, -0.2) is 4.39 Å². The zero-order chi connectivity index (χ0) is 15.2. The van der Waals surface area contributed by atoms with Gasteiger partial charge in [0.2, 0.25) is 0 Å². The summed E-state index contributed by atoms with van der Waals surface area (Å²) in [4.78, 5) is 2.01. The van der Waals surface area contributed by atoms with Crippen molar-refractivity contribution < 1.29 is 4.39 Å². The molecule has 0 aliphatic carbocycles. The molecule has 1 aromatic carbocycles. The third kappa shape index (κ3) is 5.18. The van der Waals surface area contributed by atoms with Crippen LogP contribution in [0.15, 0.2) is 24.3 Å². The van der Waals surface area contributed by atoms with Crippen LogP contribution in [0.5, 0.6) is 0 Å². The van der Waals surface area contributed by atoms with Crippen molar-refractivity contribution in [2.45, 2.75) is 45.2 Å². The Kier molecular flexibility index (Phi) is 5.97. The number of halogens is 1. The molecular weight excluding hydrogens is 253 g/mol. The van der Waals surface area contributed by atoms with Crippen molar-refractivity contribution in [2.24, 2.45) is 0 Å². The van der Waals surface area contributed by atoms with E-state index >= 15 is 0 Å². The van der Waals surface area contributed by atoms with Gasteiger partial charge in [0, 0.05) is 25.3 Å². The molecule has 0 radical (unpaired) electrons. The number of benzene rings is 1. The molecule has 110 valence electrons. The number of nitriles is 1. The Hall–Kier alpha value is -1.60. The molecule has 20 heavy (non-hydrogen) atoms. The van der Waals surface area contributed by atoms with Crippen molar-refractivity contribution in [2.75, 3.05) is 18.5 Å². The minimum atomic E-state index is -0.503. The van der Waals surface area contributed by atoms with E-state index in [-0.39, 0.29) is 11.9 Å². The number of rotatable bonds is 7. The fourth-order valence-corrected chi connectivity index (χ4v) is 2.31. The first kappa shape index (κ1) is 16.5. The standard InChI is InChI=1S/C16H24FN3/c1-13(2)19-16(3,12-18)9-6-10-20(4)15-8-5-7-14(17)11-15/h5,7-8,11,13,19H,6,9-10H2,1-4H3. The van der Waals surface area contributed by atoms with E-state index in [2.05, 4.69) is 11.4 Å². The van der Waals surface area contributed by atoms with Crippen molar-refractivity contribution in [3.05, 3.63) is 30.1 Å². The van der Waals surface area contributed by atoms with Crippen LogP contribution in [0.4, 0.5) is 10.1 Å². The van der Waals surface area contributed by atoms with Gasteiger partial charge in [0.15, 0.2) is 0 Å². The maximum Gasteiger partial charge on any atom is 0.125 e. The Bertz CT molecular complexity index is 467. The Morgan fingerprint density at radius 1 is 1.45 bits per heavy atom. The second-order valence-electron chi connectivity index (χ2n) is 5.75. The molecular formula is C16H24FN3. The second kappa shape index (κ2) is 7.25. The van der Waals surface area contributed by atoms with E-state index in [0.29, 0.717) is 0 Å². The maximum atomic E-state index is 13.2. The summed E-state index contributed by atoms with van der Waals surface area (Å²) >= 11 is 0. The number of anilines is 1. The molecule has 0 saturated heterocycles. The highest BCUT2D eigenvalue weighted by Crippen LogP contribution is 2.17. The van der Waals surface area contributed by atoms with Crippen LogP contribution in [0.1, 0.15) is 33.6 Å². The van der Waals surface area contributed by atoms with E-state index in [0.717, 1.165) is 25.1 Å². The average Bonchev–Trinajstić information content (AvgIpc) is 2.37. The van der Waals surface area contributed by atoms with Crippen LogP contribution < -0.4 is 10.2 Å². The van der Waals surface area contributed by atoms with Crippen molar-refractivity contribution in [1.29, 1.82) is 5.26 Å². The molecule has 1 unspecified atom stereocenters. The molecule has 0 bridgehead atoms. The van der Waals surface area contributed by atoms with Crippen molar-refractivity contribution in [3.63, 3.8) is 0 Å². The summed E-state index contributed by atoms with van der Waals surface area (Å²) in [5, 5.41) is 12.6. The van der Waals surface area contributed by atoms with Crippen LogP contribution >= 0.6 is 0 Å². The van der Waals surface area contributed by atoms with E-state index in [1.807, 2.05) is 38.8 Å². The molecule has 1 aromatic rings. The summed E-state index contributed by atoms with van der Waals surface area (Å²) in [6.07, 6.45) is 1.64. The molecule has 0 aromatic heterocycles. The summed E-state index contributed by atoms with van der Waals surface area (Å²) < 4.78 is 13.2. The quantitative estimate of drug-likeness (QED) is 0.831. The van der Waals surface area contributed by atoms with E-state index in [1.165, 1.54) is 12.1 Å². The van der Waals surface area contributed by atoms with Gasteiger partial charge in [-0.15, -0.1) is 0 Å². The Balaban J connectivity index is 2.49. The Morgan fingerprint density at radius 2 is 2.15 bits per heavy atom. The van der Waals surface area contributed by atoms with Gasteiger partial charge in [0.1, 0.15) is 11.4 Å². The lowest BCUT2D eigenvalue weighted by Crippen LogP contribution is -2.45. The second-order valence-corrected chi connectivity index (χ2v) is 5.75. The fourth-order valence-electron chi connectivity index (χ4n) is 2.31. The molecule has 0 amide bonds. The third-order valence-corrected chi connectivity index (χ3v) is 3.27. The predicted molar refractivity (Wildman–Crippen MR) is 81.2 cm³/mol. The predicted octanol–water partition coefficient (Wildman–Crippen LogP) is 3.32. The largest absolute Gasteiger partial charge is 0.375 e. The smallest absolute Gasteiger partial charge is 0.125 e. The van der Waals surface area contributed by atoms with Gasteiger partial charge in [0.25, 0.3) is 0 Å². The molecule has 0 aliphatic rings. The van der Waals surface area contributed by atoms with Gasteiger partial charge in [-0.2, -0.15) is 5.26 Å². The topological polar surface area (TPSA) is 39.1 Å². The van der Waals surface area contributed by atoms with Crippen LogP contribution in [-0.4, -0.2) is 25.2 Å². The first-order chi connectivity index (χ1) is 9.36. The van der Waals surface area contributed by atoms with Crippen LogP contribution in [0.25, 0.3) is 0 Å². The van der Waals surface area contributed by atoms with Crippen LogP contribution in [0, 0.1) is 17.1 Å². The lowest BCUT2D eigenvalue weighted by atomic mass is 9.96.